The van der Waals surface area contributed by atoms with Gasteiger partial charge in [0.05, 0.1) is 39.6 Å². The molecule has 0 bridgehead atoms. The first kappa shape index (κ1) is 43.4. The van der Waals surface area contributed by atoms with Gasteiger partial charge in [0.25, 0.3) is 0 Å². The van der Waals surface area contributed by atoms with E-state index in [0.717, 1.165) is 16.7 Å². The SMILES string of the molecule is CCNC(=O)C(CC(C)C)NC(=O)C(Cc1ccccc1)NC(=O)CNC(=O)COCCOCCOCCNC(=O)OCC1c2ccccc2-c2ccccc21. The quantitative estimate of drug-likeness (QED) is 0.0855. The number of rotatable bonds is 24. The highest BCUT2D eigenvalue weighted by Crippen LogP contribution is 2.44. The van der Waals surface area contributed by atoms with E-state index in [1.807, 2.05) is 68.4 Å². The summed E-state index contributed by atoms with van der Waals surface area (Å²) in [6, 6.07) is 23.8. The van der Waals surface area contributed by atoms with Crippen molar-refractivity contribution in [2.24, 2.45) is 5.92 Å². The van der Waals surface area contributed by atoms with Gasteiger partial charge in [0.1, 0.15) is 25.3 Å². The van der Waals surface area contributed by atoms with Crippen molar-refractivity contribution in [3.05, 3.63) is 95.6 Å². The Morgan fingerprint density at radius 3 is 1.89 bits per heavy atom. The van der Waals surface area contributed by atoms with Crippen molar-refractivity contribution in [1.29, 1.82) is 0 Å². The number of alkyl carbamates (subject to hydrolysis) is 1. The highest BCUT2D eigenvalue weighted by atomic mass is 16.6. The number of benzene rings is 3. The summed E-state index contributed by atoms with van der Waals surface area (Å²) >= 11 is 0. The molecule has 5 N–H and O–H groups in total. The van der Waals surface area contributed by atoms with E-state index in [-0.39, 0.29) is 70.3 Å². The summed E-state index contributed by atoms with van der Waals surface area (Å²) in [5, 5.41) is 13.4. The third kappa shape index (κ3) is 14.4. The number of carbonyl (C=O) groups is 5. The molecule has 0 radical (unpaired) electrons. The second kappa shape index (κ2) is 23.6. The van der Waals surface area contributed by atoms with Crippen molar-refractivity contribution < 1.29 is 42.9 Å². The Balaban J connectivity index is 1.04. The molecule has 5 amide bonds. The van der Waals surface area contributed by atoms with Crippen LogP contribution >= 0.6 is 0 Å². The first-order valence-corrected chi connectivity index (χ1v) is 19.2. The lowest BCUT2D eigenvalue weighted by atomic mass is 9.98. The largest absolute Gasteiger partial charge is 0.449 e. The molecule has 0 fully saturated rings. The third-order valence-electron chi connectivity index (χ3n) is 8.91. The van der Waals surface area contributed by atoms with E-state index < -0.39 is 35.9 Å². The summed E-state index contributed by atoms with van der Waals surface area (Å²) in [5.41, 5.74) is 5.46. The number of carbonyl (C=O) groups excluding carboxylic acids is 5. The van der Waals surface area contributed by atoms with E-state index >= 15 is 0 Å². The smallest absolute Gasteiger partial charge is 0.407 e. The number of likely N-dealkylation sites (N-methyl/N-ethyl adjacent to an activating group) is 1. The maximum Gasteiger partial charge on any atom is 0.407 e. The second-order valence-corrected chi connectivity index (χ2v) is 13.7. The predicted molar refractivity (Wildman–Crippen MR) is 211 cm³/mol. The van der Waals surface area contributed by atoms with Crippen LogP contribution in [-0.2, 0) is 44.5 Å². The van der Waals surface area contributed by atoms with Crippen LogP contribution in [0.2, 0.25) is 0 Å². The van der Waals surface area contributed by atoms with Gasteiger partial charge in [-0.05, 0) is 47.1 Å². The zero-order valence-electron chi connectivity index (χ0n) is 32.5. The van der Waals surface area contributed by atoms with Crippen molar-refractivity contribution in [2.45, 2.75) is 51.6 Å². The standard InChI is InChI=1S/C42H55N5O9/c1-4-43-40(50)36(24-29(2)3)47-41(51)37(25-30-12-6-5-7-13-30)46-38(48)26-45-39(49)28-55-23-22-54-21-20-53-19-18-44-42(52)56-27-35-33-16-10-8-14-31(33)32-15-9-11-17-34(32)35/h5-17,29,35-37H,4,18-28H2,1-3H3,(H,43,50)(H,44,52)(H,45,49)(H,46,48)(H,47,51). The van der Waals surface area contributed by atoms with E-state index in [1.165, 1.54) is 11.1 Å². The fourth-order valence-electron chi connectivity index (χ4n) is 6.29. The summed E-state index contributed by atoms with van der Waals surface area (Å²) in [5.74, 6) is -1.72. The Kier molecular flexibility index (Phi) is 18.3. The molecule has 3 aromatic carbocycles. The van der Waals surface area contributed by atoms with Crippen LogP contribution in [0.4, 0.5) is 4.79 Å². The van der Waals surface area contributed by atoms with Crippen molar-refractivity contribution in [2.75, 3.05) is 65.9 Å². The molecule has 302 valence electrons. The van der Waals surface area contributed by atoms with Gasteiger partial charge in [-0.15, -0.1) is 0 Å². The van der Waals surface area contributed by atoms with Crippen molar-refractivity contribution in [3.8, 4) is 11.1 Å². The lowest BCUT2D eigenvalue weighted by Gasteiger charge is -2.24. The molecular weight excluding hydrogens is 718 g/mol. The van der Waals surface area contributed by atoms with Crippen molar-refractivity contribution in [1.82, 2.24) is 26.6 Å². The molecule has 4 rings (SSSR count). The molecule has 14 heteroatoms. The normalized spacial score (nSPS) is 12.9. The Morgan fingerprint density at radius 2 is 1.25 bits per heavy atom. The summed E-state index contributed by atoms with van der Waals surface area (Å²) in [7, 11) is 0. The average Bonchev–Trinajstić information content (AvgIpc) is 3.51. The molecule has 0 aliphatic heterocycles. The molecule has 0 saturated carbocycles. The molecule has 2 atom stereocenters. The number of hydrogen-bond acceptors (Lipinski definition) is 9. The van der Waals surface area contributed by atoms with Gasteiger partial charge in [-0.2, -0.15) is 0 Å². The fraction of sp³-hybridized carbons (Fsp3) is 0.452. The van der Waals surface area contributed by atoms with Gasteiger partial charge in [-0.25, -0.2) is 4.79 Å². The van der Waals surface area contributed by atoms with Crippen LogP contribution in [0, 0.1) is 5.92 Å². The Hall–Kier alpha value is -5.31. The van der Waals surface area contributed by atoms with Gasteiger partial charge in [0.15, 0.2) is 0 Å². The molecule has 0 spiro atoms. The number of hydrogen-bond donors (Lipinski definition) is 5. The number of ether oxygens (including phenoxy) is 4. The zero-order chi connectivity index (χ0) is 40.1. The van der Waals surface area contributed by atoms with Crippen LogP contribution in [0.15, 0.2) is 78.9 Å². The molecule has 2 unspecified atom stereocenters. The minimum Gasteiger partial charge on any atom is -0.449 e. The Labute approximate surface area is 328 Å². The number of fused-ring (bicyclic) bond motifs is 3. The molecule has 3 aromatic rings. The van der Waals surface area contributed by atoms with Gasteiger partial charge < -0.3 is 45.5 Å². The number of amides is 5. The third-order valence-corrected chi connectivity index (χ3v) is 8.91. The van der Waals surface area contributed by atoms with Gasteiger partial charge in [-0.1, -0.05) is 92.7 Å². The maximum atomic E-state index is 13.3. The lowest BCUT2D eigenvalue weighted by Crippen LogP contribution is -2.55. The minimum atomic E-state index is -0.971. The number of nitrogens with one attached hydrogen (secondary N) is 5. The highest BCUT2D eigenvalue weighted by molar-refractivity contribution is 5.93. The summed E-state index contributed by atoms with van der Waals surface area (Å²) in [6.45, 7) is 7.25. The molecular formula is C42H55N5O9. The summed E-state index contributed by atoms with van der Waals surface area (Å²) in [6.07, 6.45) is 0.125. The van der Waals surface area contributed by atoms with Crippen molar-refractivity contribution in [3.63, 3.8) is 0 Å². The molecule has 1 aliphatic carbocycles. The Morgan fingerprint density at radius 1 is 0.643 bits per heavy atom. The molecule has 1 aliphatic rings. The van der Waals surface area contributed by atoms with E-state index in [1.54, 1.807) is 6.92 Å². The molecule has 0 saturated heterocycles. The average molecular weight is 774 g/mol. The fourth-order valence-corrected chi connectivity index (χ4v) is 6.29. The molecule has 0 heterocycles. The lowest BCUT2D eigenvalue weighted by molar-refractivity contribution is -0.133. The van der Waals surface area contributed by atoms with Crippen LogP contribution in [0.1, 0.15) is 49.8 Å². The minimum absolute atomic E-state index is 0.00688. The topological polar surface area (TPSA) is 182 Å². The monoisotopic (exact) mass is 773 g/mol. The van der Waals surface area contributed by atoms with E-state index in [9.17, 15) is 24.0 Å². The van der Waals surface area contributed by atoms with Gasteiger partial charge >= 0.3 is 6.09 Å². The first-order chi connectivity index (χ1) is 27.2. The summed E-state index contributed by atoms with van der Waals surface area (Å²) in [4.78, 5) is 63.3. The zero-order valence-corrected chi connectivity index (χ0v) is 32.5. The molecule has 0 aromatic heterocycles. The van der Waals surface area contributed by atoms with Crippen LogP contribution in [-0.4, -0.2) is 108 Å². The van der Waals surface area contributed by atoms with Gasteiger partial charge in [0, 0.05) is 25.4 Å². The Bertz CT molecular complexity index is 1680. The highest BCUT2D eigenvalue weighted by Gasteiger charge is 2.29. The van der Waals surface area contributed by atoms with E-state index in [2.05, 4.69) is 50.8 Å². The predicted octanol–water partition coefficient (Wildman–Crippen LogP) is 3.09. The first-order valence-electron chi connectivity index (χ1n) is 19.2. The van der Waals surface area contributed by atoms with Gasteiger partial charge in [0.2, 0.25) is 23.6 Å². The second-order valence-electron chi connectivity index (χ2n) is 13.7. The summed E-state index contributed by atoms with van der Waals surface area (Å²) < 4.78 is 21.8. The van der Waals surface area contributed by atoms with Crippen LogP contribution < -0.4 is 26.6 Å². The molecule has 56 heavy (non-hydrogen) atoms. The van der Waals surface area contributed by atoms with Crippen LogP contribution in [0.3, 0.4) is 0 Å². The van der Waals surface area contributed by atoms with Crippen LogP contribution in [0.25, 0.3) is 11.1 Å². The van der Waals surface area contributed by atoms with Gasteiger partial charge in [-0.3, -0.25) is 19.2 Å². The van der Waals surface area contributed by atoms with Crippen LogP contribution in [0.5, 0.6) is 0 Å². The van der Waals surface area contributed by atoms with E-state index in [0.29, 0.717) is 26.2 Å². The molecule has 14 nitrogen and oxygen atoms in total. The van der Waals surface area contributed by atoms with Crippen molar-refractivity contribution >= 4 is 29.7 Å². The maximum absolute atomic E-state index is 13.3. The van der Waals surface area contributed by atoms with E-state index in [4.69, 9.17) is 18.9 Å².